The number of rotatable bonds is 2. The number of nitrogens with zero attached hydrogens (tertiary/aromatic N) is 1. The van der Waals surface area contributed by atoms with Crippen molar-refractivity contribution in [1.82, 2.24) is 4.90 Å². The van der Waals surface area contributed by atoms with E-state index in [9.17, 15) is 9.59 Å². The Hall–Kier alpha value is -0.940. The minimum absolute atomic E-state index is 0. The predicted octanol–water partition coefficient (Wildman–Crippen LogP) is 1.67. The SMILES string of the molecule is C/C=C\OC(=O)C1=CCS[C@@H]2CC(=O)N12.Cl. The number of halogens is 1. The maximum absolute atomic E-state index is 11.5. The minimum atomic E-state index is -0.452. The van der Waals surface area contributed by atoms with Crippen LogP contribution in [0.3, 0.4) is 0 Å². The number of ether oxygens (including phenoxy) is 1. The van der Waals surface area contributed by atoms with Crippen molar-refractivity contribution in [2.24, 2.45) is 0 Å². The average molecular weight is 262 g/mol. The van der Waals surface area contributed by atoms with Gasteiger partial charge in [0.05, 0.1) is 18.1 Å². The van der Waals surface area contributed by atoms with Crippen molar-refractivity contribution in [3.05, 3.63) is 24.1 Å². The Morgan fingerprint density at radius 3 is 3.06 bits per heavy atom. The van der Waals surface area contributed by atoms with Crippen LogP contribution in [0.2, 0.25) is 0 Å². The van der Waals surface area contributed by atoms with Crippen molar-refractivity contribution in [2.45, 2.75) is 18.7 Å². The largest absolute Gasteiger partial charge is 0.430 e. The standard InChI is InChI=1S/C10H11NO3S.ClH/c1-2-4-14-10(13)7-3-5-15-9-6-8(12)11(7)9;/h2-4,9H,5-6H2,1H3;1H/b4-2-;/t9-;/m1./s1. The fraction of sp³-hybridized carbons (Fsp3) is 0.400. The van der Waals surface area contributed by atoms with Gasteiger partial charge in [0.25, 0.3) is 0 Å². The molecule has 2 aliphatic rings. The van der Waals surface area contributed by atoms with Crippen LogP contribution in [0.1, 0.15) is 13.3 Å². The van der Waals surface area contributed by atoms with Crippen LogP contribution < -0.4 is 0 Å². The van der Waals surface area contributed by atoms with Crippen LogP contribution in [0, 0.1) is 0 Å². The van der Waals surface area contributed by atoms with E-state index < -0.39 is 5.97 Å². The maximum atomic E-state index is 11.5. The predicted molar refractivity (Wildman–Crippen MR) is 63.9 cm³/mol. The van der Waals surface area contributed by atoms with Crippen molar-refractivity contribution in [1.29, 1.82) is 0 Å². The highest BCUT2D eigenvalue weighted by atomic mass is 35.5. The molecule has 1 saturated heterocycles. The van der Waals surface area contributed by atoms with Crippen LogP contribution in [-0.2, 0) is 14.3 Å². The third kappa shape index (κ3) is 2.25. The quantitative estimate of drug-likeness (QED) is 0.431. The molecule has 0 aliphatic carbocycles. The summed E-state index contributed by atoms with van der Waals surface area (Å²) in [5, 5.41) is 0.135. The van der Waals surface area contributed by atoms with E-state index >= 15 is 0 Å². The Balaban J connectivity index is 0.00000128. The molecule has 88 valence electrons. The van der Waals surface area contributed by atoms with Gasteiger partial charge in [-0.1, -0.05) is 6.08 Å². The zero-order valence-corrected chi connectivity index (χ0v) is 10.3. The Labute approximate surface area is 104 Å². The van der Waals surface area contributed by atoms with E-state index in [2.05, 4.69) is 0 Å². The van der Waals surface area contributed by atoms with Crippen molar-refractivity contribution in [3.8, 4) is 0 Å². The number of β-lactam (4-membered cyclic amide) rings is 1. The summed E-state index contributed by atoms with van der Waals surface area (Å²) in [5.74, 6) is 0.302. The second kappa shape index (κ2) is 5.41. The number of fused-ring (bicyclic) bond motifs is 1. The molecular formula is C10H12ClNO3S. The van der Waals surface area contributed by atoms with Crippen molar-refractivity contribution >= 4 is 36.0 Å². The molecule has 1 amide bonds. The van der Waals surface area contributed by atoms with Gasteiger partial charge in [0.1, 0.15) is 5.70 Å². The molecule has 16 heavy (non-hydrogen) atoms. The summed E-state index contributed by atoms with van der Waals surface area (Å²) in [5.41, 5.74) is 0.383. The van der Waals surface area contributed by atoms with Crippen LogP contribution in [-0.4, -0.2) is 27.9 Å². The monoisotopic (exact) mass is 261 g/mol. The molecule has 0 radical (unpaired) electrons. The van der Waals surface area contributed by atoms with Gasteiger partial charge in [-0.05, 0) is 13.0 Å². The van der Waals surface area contributed by atoms with Gasteiger partial charge >= 0.3 is 5.97 Å². The number of esters is 1. The van der Waals surface area contributed by atoms with Crippen LogP contribution in [0.25, 0.3) is 0 Å². The van der Waals surface area contributed by atoms with E-state index in [4.69, 9.17) is 4.74 Å². The number of amides is 1. The Morgan fingerprint density at radius 1 is 1.69 bits per heavy atom. The normalized spacial score (nSPS) is 23.1. The van der Waals surface area contributed by atoms with E-state index in [0.29, 0.717) is 12.1 Å². The fourth-order valence-corrected chi connectivity index (χ4v) is 2.64. The van der Waals surface area contributed by atoms with Crippen LogP contribution in [0.5, 0.6) is 0 Å². The molecule has 2 heterocycles. The molecular weight excluding hydrogens is 250 g/mol. The van der Waals surface area contributed by atoms with Crippen molar-refractivity contribution in [2.75, 3.05) is 5.75 Å². The van der Waals surface area contributed by atoms with Gasteiger partial charge in [-0.3, -0.25) is 9.69 Å². The van der Waals surface area contributed by atoms with E-state index in [0.717, 1.165) is 5.75 Å². The highest BCUT2D eigenvalue weighted by Crippen LogP contribution is 2.37. The molecule has 0 unspecified atom stereocenters. The fourth-order valence-electron chi connectivity index (χ4n) is 1.52. The van der Waals surface area contributed by atoms with Gasteiger partial charge in [0.2, 0.25) is 5.91 Å². The zero-order valence-electron chi connectivity index (χ0n) is 8.71. The molecule has 1 fully saturated rings. The molecule has 2 aliphatic heterocycles. The number of hydrogen-bond donors (Lipinski definition) is 0. The minimum Gasteiger partial charge on any atom is -0.430 e. The molecule has 0 aromatic rings. The number of thioether (sulfide) groups is 1. The second-order valence-electron chi connectivity index (χ2n) is 3.22. The van der Waals surface area contributed by atoms with Gasteiger partial charge in [0.15, 0.2) is 0 Å². The van der Waals surface area contributed by atoms with Gasteiger partial charge in [-0.15, -0.1) is 24.2 Å². The molecule has 0 saturated carbocycles. The molecule has 0 N–H and O–H groups in total. The Morgan fingerprint density at radius 2 is 2.44 bits per heavy atom. The summed E-state index contributed by atoms with van der Waals surface area (Å²) in [7, 11) is 0. The van der Waals surface area contributed by atoms with Crippen molar-refractivity contribution < 1.29 is 14.3 Å². The number of allylic oxidation sites excluding steroid dienone is 1. The molecule has 4 nitrogen and oxygen atoms in total. The van der Waals surface area contributed by atoms with E-state index in [1.807, 2.05) is 0 Å². The number of carbonyl (C=O) groups excluding carboxylic acids is 2. The summed E-state index contributed by atoms with van der Waals surface area (Å²) in [6, 6.07) is 0. The van der Waals surface area contributed by atoms with E-state index in [-0.39, 0.29) is 23.7 Å². The van der Waals surface area contributed by atoms with Crippen LogP contribution >= 0.6 is 24.2 Å². The molecule has 0 bridgehead atoms. The first-order valence-corrected chi connectivity index (χ1v) is 5.75. The zero-order chi connectivity index (χ0) is 10.8. The summed E-state index contributed by atoms with van der Waals surface area (Å²) in [4.78, 5) is 24.4. The topological polar surface area (TPSA) is 46.6 Å². The highest BCUT2D eigenvalue weighted by molar-refractivity contribution is 8.00. The molecule has 0 spiro atoms. The van der Waals surface area contributed by atoms with Gasteiger partial charge < -0.3 is 4.74 Å². The third-order valence-electron chi connectivity index (χ3n) is 2.25. The lowest BCUT2D eigenvalue weighted by atomic mass is 10.1. The van der Waals surface area contributed by atoms with Gasteiger partial charge in [-0.2, -0.15) is 0 Å². The first-order chi connectivity index (χ1) is 7.24. The molecule has 1 atom stereocenters. The van der Waals surface area contributed by atoms with Crippen LogP contribution in [0.4, 0.5) is 0 Å². The van der Waals surface area contributed by atoms with Gasteiger partial charge in [-0.25, -0.2) is 4.79 Å². The lowest BCUT2D eigenvalue weighted by molar-refractivity contribution is -0.146. The maximum Gasteiger partial charge on any atom is 0.359 e. The lowest BCUT2D eigenvalue weighted by Gasteiger charge is -2.42. The average Bonchev–Trinajstić information content (AvgIpc) is 2.23. The summed E-state index contributed by atoms with van der Waals surface area (Å²) >= 11 is 1.66. The van der Waals surface area contributed by atoms with E-state index in [1.165, 1.54) is 11.2 Å². The number of hydrogen-bond acceptors (Lipinski definition) is 4. The summed E-state index contributed by atoms with van der Waals surface area (Å²) in [6.07, 6.45) is 5.22. The summed E-state index contributed by atoms with van der Waals surface area (Å²) in [6.45, 7) is 1.76. The summed E-state index contributed by atoms with van der Waals surface area (Å²) < 4.78 is 4.84. The lowest BCUT2D eigenvalue weighted by Crippen LogP contribution is -2.53. The molecule has 0 aromatic carbocycles. The first-order valence-electron chi connectivity index (χ1n) is 4.70. The smallest absolute Gasteiger partial charge is 0.359 e. The van der Waals surface area contributed by atoms with E-state index in [1.54, 1.807) is 30.8 Å². The van der Waals surface area contributed by atoms with Crippen molar-refractivity contribution in [3.63, 3.8) is 0 Å². The van der Waals surface area contributed by atoms with Crippen LogP contribution in [0.15, 0.2) is 24.1 Å². The van der Waals surface area contributed by atoms with Gasteiger partial charge in [0, 0.05) is 5.75 Å². The Kier molecular flexibility index (Phi) is 4.44. The molecule has 0 aromatic heterocycles. The number of carbonyl (C=O) groups is 2. The molecule has 6 heteroatoms. The second-order valence-corrected chi connectivity index (χ2v) is 4.43. The highest BCUT2D eigenvalue weighted by Gasteiger charge is 2.43. The molecule has 2 rings (SSSR count). The third-order valence-corrected chi connectivity index (χ3v) is 3.37. The first kappa shape index (κ1) is 13.1. The Bertz CT molecular complexity index is 367.